The average molecular weight is 497 g/mol. The van der Waals surface area contributed by atoms with Gasteiger partial charge in [0.15, 0.2) is 17.4 Å². The summed E-state index contributed by atoms with van der Waals surface area (Å²) in [4.78, 5) is 21.3. The molecule has 0 unspecified atom stereocenters. The van der Waals surface area contributed by atoms with Crippen LogP contribution in [-0.2, 0) is 19.5 Å². The highest BCUT2D eigenvalue weighted by Gasteiger charge is 2.41. The van der Waals surface area contributed by atoms with Crippen molar-refractivity contribution in [1.82, 2.24) is 14.2 Å². The monoisotopic (exact) mass is 496 g/mol. The third kappa shape index (κ3) is 4.23. The van der Waals surface area contributed by atoms with Gasteiger partial charge in [-0.3, -0.25) is 9.78 Å². The first-order valence-corrected chi connectivity index (χ1v) is 13.1. The Morgan fingerprint density at radius 3 is 2.24 bits per heavy atom. The number of carbonyl (C=O) groups excluding carboxylic acids is 1. The van der Waals surface area contributed by atoms with E-state index in [2.05, 4.69) is 4.98 Å². The second kappa shape index (κ2) is 8.67. The fraction of sp³-hybridized carbons (Fsp3) is 0.545. The van der Waals surface area contributed by atoms with E-state index in [1.165, 1.54) is 10.5 Å². The number of sulfonamides is 1. The molecule has 0 atom stereocenters. The minimum atomic E-state index is -3.34. The molecule has 0 bridgehead atoms. The van der Waals surface area contributed by atoms with Gasteiger partial charge >= 0.3 is 0 Å². The molecular formula is C22H26F2N4O5S. The molecule has 5 rings (SSSR count). The molecule has 2 aromatic rings. The van der Waals surface area contributed by atoms with Crippen LogP contribution in [0.1, 0.15) is 23.2 Å². The summed E-state index contributed by atoms with van der Waals surface area (Å²) >= 11 is 0. The number of hydrogen-bond donors (Lipinski definition) is 0. The lowest BCUT2D eigenvalue weighted by Crippen LogP contribution is -2.50. The molecule has 4 heterocycles. The Morgan fingerprint density at radius 2 is 1.62 bits per heavy atom. The van der Waals surface area contributed by atoms with Crippen LogP contribution in [0, 0.1) is 11.6 Å². The molecule has 1 aromatic carbocycles. The predicted molar refractivity (Wildman–Crippen MR) is 120 cm³/mol. The van der Waals surface area contributed by atoms with E-state index >= 15 is 0 Å². The van der Waals surface area contributed by atoms with E-state index in [-0.39, 0.29) is 43.2 Å². The minimum Gasteiger partial charge on any atom is -0.370 e. The summed E-state index contributed by atoms with van der Waals surface area (Å²) in [5.41, 5.74) is 1.02. The van der Waals surface area contributed by atoms with E-state index in [1.807, 2.05) is 4.90 Å². The van der Waals surface area contributed by atoms with Crippen molar-refractivity contribution in [3.05, 3.63) is 35.5 Å². The van der Waals surface area contributed by atoms with Crippen LogP contribution < -0.4 is 4.90 Å². The van der Waals surface area contributed by atoms with Gasteiger partial charge < -0.3 is 19.3 Å². The topological polar surface area (TPSA) is 92.3 Å². The van der Waals surface area contributed by atoms with Crippen LogP contribution in [0.4, 0.5) is 14.5 Å². The first-order valence-electron chi connectivity index (χ1n) is 11.2. The second-order valence-electron chi connectivity index (χ2n) is 8.85. The van der Waals surface area contributed by atoms with Crippen molar-refractivity contribution in [2.45, 2.75) is 18.6 Å². The summed E-state index contributed by atoms with van der Waals surface area (Å²) in [7, 11) is -3.34. The third-order valence-electron chi connectivity index (χ3n) is 6.76. The van der Waals surface area contributed by atoms with Crippen LogP contribution in [-0.4, -0.2) is 93.0 Å². The lowest BCUT2D eigenvalue weighted by atomic mass is 9.99. The van der Waals surface area contributed by atoms with Crippen LogP contribution in [0.15, 0.2) is 18.3 Å². The third-order valence-corrected chi connectivity index (χ3v) is 8.07. The molecule has 9 nitrogen and oxygen atoms in total. The number of pyridine rings is 1. The van der Waals surface area contributed by atoms with Crippen molar-refractivity contribution in [3.63, 3.8) is 0 Å². The maximum absolute atomic E-state index is 14.3. The summed E-state index contributed by atoms with van der Waals surface area (Å²) in [5.74, 6) is -2.98. The van der Waals surface area contributed by atoms with Gasteiger partial charge in [0.1, 0.15) is 0 Å². The van der Waals surface area contributed by atoms with E-state index in [0.29, 0.717) is 50.2 Å². The molecule has 12 heteroatoms. The number of carbonyl (C=O) groups is 1. The first kappa shape index (κ1) is 23.3. The minimum absolute atomic E-state index is 0.196. The standard InChI is InChI=1S/C22H26F2N4O5S/c1-34(30,31)28-8-6-27(7-9-28)21(29)16-14-25-19-13-18(24)17(23)12-15(19)20(16)26-4-2-22(3-5-26)32-10-11-33-22/h12-14H,2-11H2,1H3. The van der Waals surface area contributed by atoms with Gasteiger partial charge in [-0.15, -0.1) is 0 Å². The van der Waals surface area contributed by atoms with Gasteiger partial charge in [-0.2, -0.15) is 4.31 Å². The predicted octanol–water partition coefficient (Wildman–Crippen LogP) is 1.57. The quantitative estimate of drug-likeness (QED) is 0.637. The van der Waals surface area contributed by atoms with Gasteiger partial charge in [0.2, 0.25) is 10.0 Å². The zero-order valence-electron chi connectivity index (χ0n) is 18.8. The highest BCUT2D eigenvalue weighted by atomic mass is 32.2. The molecule has 3 saturated heterocycles. The Bertz CT molecular complexity index is 1220. The maximum atomic E-state index is 14.3. The number of piperidine rings is 1. The number of rotatable bonds is 3. The SMILES string of the molecule is CS(=O)(=O)N1CCN(C(=O)c2cnc3cc(F)c(F)cc3c2N2CCC3(CC2)OCCO3)CC1. The van der Waals surface area contributed by atoms with Gasteiger partial charge in [-0.1, -0.05) is 0 Å². The smallest absolute Gasteiger partial charge is 0.257 e. The van der Waals surface area contributed by atoms with Crippen molar-refractivity contribution < 1.29 is 31.5 Å². The Kier molecular flexibility index (Phi) is 5.95. The molecule has 1 spiro atoms. The largest absolute Gasteiger partial charge is 0.370 e. The number of aromatic nitrogens is 1. The number of halogens is 2. The number of piperazine rings is 1. The number of fused-ring (bicyclic) bond motifs is 1. The Morgan fingerprint density at radius 1 is 1.00 bits per heavy atom. The zero-order valence-corrected chi connectivity index (χ0v) is 19.6. The van der Waals surface area contributed by atoms with E-state index in [4.69, 9.17) is 9.47 Å². The molecule has 184 valence electrons. The first-order chi connectivity index (χ1) is 16.2. The second-order valence-corrected chi connectivity index (χ2v) is 10.8. The average Bonchev–Trinajstić information content (AvgIpc) is 3.27. The van der Waals surface area contributed by atoms with E-state index in [9.17, 15) is 22.0 Å². The van der Waals surface area contributed by atoms with Gasteiger partial charge in [0.05, 0.1) is 36.2 Å². The molecular weight excluding hydrogens is 470 g/mol. The van der Waals surface area contributed by atoms with E-state index in [0.717, 1.165) is 18.4 Å². The van der Waals surface area contributed by atoms with Gasteiger partial charge in [-0.05, 0) is 6.07 Å². The highest BCUT2D eigenvalue weighted by Crippen LogP contribution is 2.38. The fourth-order valence-corrected chi connectivity index (χ4v) is 5.75. The molecule has 0 saturated carbocycles. The number of benzene rings is 1. The van der Waals surface area contributed by atoms with Crippen molar-refractivity contribution >= 4 is 32.5 Å². The van der Waals surface area contributed by atoms with Crippen LogP contribution in [0.2, 0.25) is 0 Å². The summed E-state index contributed by atoms with van der Waals surface area (Å²) in [6, 6.07) is 2.11. The van der Waals surface area contributed by atoms with Crippen LogP contribution in [0.25, 0.3) is 10.9 Å². The van der Waals surface area contributed by atoms with Crippen LogP contribution in [0.5, 0.6) is 0 Å². The summed E-state index contributed by atoms with van der Waals surface area (Å²) < 4.78 is 64.8. The van der Waals surface area contributed by atoms with Gasteiger partial charge in [0, 0.05) is 69.8 Å². The summed E-state index contributed by atoms with van der Waals surface area (Å²) in [6.45, 7) is 2.92. The van der Waals surface area contributed by atoms with E-state index < -0.39 is 27.4 Å². The Balaban J connectivity index is 1.49. The summed E-state index contributed by atoms with van der Waals surface area (Å²) in [6.07, 6.45) is 3.68. The molecule has 3 fully saturated rings. The lowest BCUT2D eigenvalue weighted by Gasteiger charge is -2.40. The Hall–Kier alpha value is -2.41. The Labute approximate surface area is 196 Å². The molecule has 1 aromatic heterocycles. The molecule has 34 heavy (non-hydrogen) atoms. The molecule has 0 radical (unpaired) electrons. The molecule has 3 aliphatic heterocycles. The number of anilines is 1. The molecule has 1 amide bonds. The van der Waals surface area contributed by atoms with Gasteiger partial charge in [-0.25, -0.2) is 17.2 Å². The summed E-state index contributed by atoms with van der Waals surface area (Å²) in [5, 5.41) is 0.351. The fourth-order valence-electron chi connectivity index (χ4n) is 4.92. The van der Waals surface area contributed by atoms with Gasteiger partial charge in [0.25, 0.3) is 5.91 Å². The van der Waals surface area contributed by atoms with Crippen molar-refractivity contribution in [2.75, 3.05) is 63.6 Å². The zero-order chi connectivity index (χ0) is 24.1. The molecule has 0 aliphatic carbocycles. The maximum Gasteiger partial charge on any atom is 0.257 e. The van der Waals surface area contributed by atoms with Crippen LogP contribution >= 0.6 is 0 Å². The van der Waals surface area contributed by atoms with Crippen molar-refractivity contribution in [2.24, 2.45) is 0 Å². The molecule has 3 aliphatic rings. The highest BCUT2D eigenvalue weighted by molar-refractivity contribution is 7.88. The van der Waals surface area contributed by atoms with Crippen LogP contribution in [0.3, 0.4) is 0 Å². The van der Waals surface area contributed by atoms with E-state index in [1.54, 1.807) is 4.90 Å². The number of ether oxygens (including phenoxy) is 2. The lowest BCUT2D eigenvalue weighted by molar-refractivity contribution is -0.169. The molecule has 0 N–H and O–H groups in total. The van der Waals surface area contributed by atoms with Crippen molar-refractivity contribution in [1.29, 1.82) is 0 Å². The number of nitrogens with zero attached hydrogens (tertiary/aromatic N) is 4. The normalized spacial score (nSPS) is 21.5. The number of hydrogen-bond acceptors (Lipinski definition) is 7. The van der Waals surface area contributed by atoms with Crippen molar-refractivity contribution in [3.8, 4) is 0 Å². The number of amides is 1.